The average Bonchev–Trinajstić information content (AvgIpc) is 3.04. The number of carbonyl (C=O) groups is 1. The molecule has 0 radical (unpaired) electrons. The molecule has 1 N–H and O–H groups in total. The van der Waals surface area contributed by atoms with Gasteiger partial charge in [-0.05, 0) is 23.8 Å². The molecule has 0 aliphatic rings. The number of nitrogens with one attached hydrogen (secondary N) is 1. The zero-order valence-corrected chi connectivity index (χ0v) is 15.9. The van der Waals surface area contributed by atoms with Crippen molar-refractivity contribution in [2.24, 2.45) is 0 Å². The van der Waals surface area contributed by atoms with Gasteiger partial charge in [-0.25, -0.2) is 15.0 Å². The van der Waals surface area contributed by atoms with E-state index in [-0.39, 0.29) is 11.7 Å². The summed E-state index contributed by atoms with van der Waals surface area (Å²) in [6.07, 6.45) is 5.71. The Morgan fingerprint density at radius 2 is 1.96 bits per heavy atom. The quantitative estimate of drug-likeness (QED) is 0.476. The highest BCUT2D eigenvalue weighted by atomic mass is 35.5. The number of thiazole rings is 1. The van der Waals surface area contributed by atoms with Crippen molar-refractivity contribution in [3.05, 3.63) is 63.3 Å². The van der Waals surface area contributed by atoms with Gasteiger partial charge in [0.1, 0.15) is 0 Å². The Hall–Kier alpha value is -1.67. The molecule has 0 atom stereocenters. The average molecular weight is 411 g/mol. The number of benzene rings is 1. The van der Waals surface area contributed by atoms with Crippen LogP contribution in [0.15, 0.2) is 48.0 Å². The number of rotatable bonds is 6. The van der Waals surface area contributed by atoms with E-state index in [1.54, 1.807) is 30.7 Å². The number of amides is 1. The van der Waals surface area contributed by atoms with Crippen LogP contribution in [-0.4, -0.2) is 26.6 Å². The summed E-state index contributed by atoms with van der Waals surface area (Å²) < 4.78 is 0. The maximum atomic E-state index is 12.0. The van der Waals surface area contributed by atoms with Crippen LogP contribution in [0.2, 0.25) is 10.0 Å². The minimum absolute atomic E-state index is 0.145. The molecule has 0 spiro atoms. The van der Waals surface area contributed by atoms with Gasteiger partial charge < -0.3 is 5.32 Å². The van der Waals surface area contributed by atoms with Crippen molar-refractivity contribution in [2.45, 2.75) is 11.6 Å². The van der Waals surface area contributed by atoms with E-state index in [2.05, 4.69) is 20.3 Å². The molecule has 1 aromatic carbocycles. The maximum Gasteiger partial charge on any atom is 0.236 e. The maximum absolute atomic E-state index is 12.0. The number of hydrogen-bond acceptors (Lipinski definition) is 6. The number of thioether (sulfide) groups is 1. The largest absolute Gasteiger partial charge is 0.301 e. The van der Waals surface area contributed by atoms with Gasteiger partial charge in [-0.15, -0.1) is 11.3 Å². The molecule has 25 heavy (non-hydrogen) atoms. The molecule has 2 aromatic heterocycles. The first-order valence-electron chi connectivity index (χ1n) is 7.18. The fourth-order valence-electron chi connectivity index (χ4n) is 1.94. The molecule has 3 rings (SSSR count). The molecule has 0 aliphatic carbocycles. The lowest BCUT2D eigenvalue weighted by atomic mass is 10.1. The van der Waals surface area contributed by atoms with Gasteiger partial charge in [0, 0.05) is 29.9 Å². The Morgan fingerprint density at radius 1 is 1.16 bits per heavy atom. The summed E-state index contributed by atoms with van der Waals surface area (Å²) in [5, 5.41) is 4.97. The normalized spacial score (nSPS) is 10.6. The molecule has 9 heteroatoms. The van der Waals surface area contributed by atoms with Crippen LogP contribution >= 0.6 is 46.3 Å². The molecule has 0 bridgehead atoms. The summed E-state index contributed by atoms with van der Waals surface area (Å²) in [5.74, 6) is 0.0824. The van der Waals surface area contributed by atoms with Gasteiger partial charge in [0.15, 0.2) is 10.3 Å². The predicted octanol–water partition coefficient (Wildman–Crippen LogP) is 4.56. The van der Waals surface area contributed by atoms with Crippen molar-refractivity contribution < 1.29 is 4.79 Å². The van der Waals surface area contributed by atoms with Crippen molar-refractivity contribution in [1.29, 1.82) is 0 Å². The standard InChI is InChI=1S/C16H12Cl2N4OS2/c17-12-3-2-10(7-13(12)18)6-11-8-21-16(25-11)22-14(23)9-24-15-19-4-1-5-20-15/h1-5,7-8H,6,9H2,(H,21,22,23). The van der Waals surface area contributed by atoms with Gasteiger partial charge in [-0.1, -0.05) is 41.0 Å². The molecular weight excluding hydrogens is 399 g/mol. The van der Waals surface area contributed by atoms with Crippen LogP contribution in [0, 0.1) is 0 Å². The first-order chi connectivity index (χ1) is 12.1. The van der Waals surface area contributed by atoms with E-state index in [1.165, 1.54) is 23.1 Å². The summed E-state index contributed by atoms with van der Waals surface area (Å²) >= 11 is 14.6. The van der Waals surface area contributed by atoms with Crippen LogP contribution in [-0.2, 0) is 11.2 Å². The third-order valence-corrected chi connectivity index (χ3v) is 5.56. The van der Waals surface area contributed by atoms with Crippen LogP contribution in [0.3, 0.4) is 0 Å². The molecule has 1 amide bonds. The molecule has 128 valence electrons. The number of carbonyl (C=O) groups excluding carboxylic acids is 1. The SMILES string of the molecule is O=C(CSc1ncccn1)Nc1ncc(Cc2ccc(Cl)c(Cl)c2)s1. The number of aromatic nitrogens is 3. The Bertz CT molecular complexity index is 874. The van der Waals surface area contributed by atoms with E-state index in [0.29, 0.717) is 26.8 Å². The summed E-state index contributed by atoms with van der Waals surface area (Å²) in [6, 6.07) is 7.25. The van der Waals surface area contributed by atoms with Gasteiger partial charge in [-0.3, -0.25) is 4.79 Å². The lowest BCUT2D eigenvalue weighted by Crippen LogP contribution is -2.13. The van der Waals surface area contributed by atoms with E-state index in [1.807, 2.05) is 12.1 Å². The first kappa shape index (κ1) is 18.1. The molecule has 2 heterocycles. The van der Waals surface area contributed by atoms with Crippen molar-refractivity contribution in [1.82, 2.24) is 15.0 Å². The second-order valence-corrected chi connectivity index (χ2v) is 7.80. The van der Waals surface area contributed by atoms with Crippen LogP contribution in [0.5, 0.6) is 0 Å². The molecule has 0 saturated heterocycles. The van der Waals surface area contributed by atoms with Gasteiger partial charge in [0.25, 0.3) is 0 Å². The summed E-state index contributed by atoms with van der Waals surface area (Å²) in [7, 11) is 0. The van der Waals surface area contributed by atoms with Crippen molar-refractivity contribution in [2.75, 3.05) is 11.1 Å². The minimum Gasteiger partial charge on any atom is -0.301 e. The van der Waals surface area contributed by atoms with Gasteiger partial charge >= 0.3 is 0 Å². The molecule has 0 unspecified atom stereocenters. The lowest BCUT2D eigenvalue weighted by Gasteiger charge is -2.01. The van der Waals surface area contributed by atoms with Gasteiger partial charge in [-0.2, -0.15) is 0 Å². The molecule has 3 aromatic rings. The summed E-state index contributed by atoms with van der Waals surface area (Å²) in [6.45, 7) is 0. The zero-order valence-electron chi connectivity index (χ0n) is 12.8. The minimum atomic E-state index is -0.145. The zero-order chi connectivity index (χ0) is 17.6. The lowest BCUT2D eigenvalue weighted by molar-refractivity contribution is -0.113. The molecule has 5 nitrogen and oxygen atoms in total. The number of halogens is 2. The highest BCUT2D eigenvalue weighted by molar-refractivity contribution is 7.99. The predicted molar refractivity (Wildman–Crippen MR) is 103 cm³/mol. The van der Waals surface area contributed by atoms with Crippen LogP contribution < -0.4 is 5.32 Å². The van der Waals surface area contributed by atoms with Crippen molar-refractivity contribution in [3.8, 4) is 0 Å². The topological polar surface area (TPSA) is 67.8 Å². The number of nitrogens with zero attached hydrogens (tertiary/aromatic N) is 3. The highest BCUT2D eigenvalue weighted by Crippen LogP contribution is 2.26. The van der Waals surface area contributed by atoms with E-state index < -0.39 is 0 Å². The number of anilines is 1. The summed E-state index contributed by atoms with van der Waals surface area (Å²) in [5.41, 5.74) is 1.03. The van der Waals surface area contributed by atoms with Crippen LogP contribution in [0.4, 0.5) is 5.13 Å². The van der Waals surface area contributed by atoms with Crippen molar-refractivity contribution in [3.63, 3.8) is 0 Å². The van der Waals surface area contributed by atoms with Crippen LogP contribution in [0.1, 0.15) is 10.4 Å². The monoisotopic (exact) mass is 410 g/mol. The van der Waals surface area contributed by atoms with E-state index in [0.717, 1.165) is 10.4 Å². The molecule has 0 saturated carbocycles. The molecular formula is C16H12Cl2N4OS2. The van der Waals surface area contributed by atoms with E-state index in [4.69, 9.17) is 23.2 Å². The van der Waals surface area contributed by atoms with E-state index in [9.17, 15) is 4.79 Å². The smallest absolute Gasteiger partial charge is 0.236 e. The first-order valence-corrected chi connectivity index (χ1v) is 9.74. The molecule has 0 fully saturated rings. The fraction of sp³-hybridized carbons (Fsp3) is 0.125. The Kier molecular flexibility index (Phi) is 6.25. The second kappa shape index (κ2) is 8.62. The van der Waals surface area contributed by atoms with Gasteiger partial charge in [0.2, 0.25) is 5.91 Å². The van der Waals surface area contributed by atoms with Gasteiger partial charge in [0.05, 0.1) is 15.8 Å². The second-order valence-electron chi connectivity index (χ2n) is 4.93. The summed E-state index contributed by atoms with van der Waals surface area (Å²) in [4.78, 5) is 25.4. The number of hydrogen-bond donors (Lipinski definition) is 1. The Morgan fingerprint density at radius 3 is 2.72 bits per heavy atom. The van der Waals surface area contributed by atoms with E-state index >= 15 is 0 Å². The van der Waals surface area contributed by atoms with Crippen molar-refractivity contribution >= 4 is 57.3 Å². The highest BCUT2D eigenvalue weighted by Gasteiger charge is 2.09. The molecule has 0 aliphatic heterocycles. The van der Waals surface area contributed by atoms with Crippen LogP contribution in [0.25, 0.3) is 0 Å². The third-order valence-electron chi connectivity index (χ3n) is 3.04. The fourth-order valence-corrected chi connectivity index (χ4v) is 3.73. The Labute approximate surface area is 162 Å². The Balaban J connectivity index is 1.54. The third kappa shape index (κ3) is 5.40.